The molecule has 9 N–H and O–H groups in total. The van der Waals surface area contributed by atoms with E-state index in [0.29, 0.717) is 47.0 Å². The van der Waals surface area contributed by atoms with Crippen LogP contribution < -0.4 is 27.4 Å². The smallest absolute Gasteiger partial charge is 0.250 e. The van der Waals surface area contributed by atoms with Gasteiger partial charge in [-0.1, -0.05) is 46.9 Å². The number of thiazole rings is 2. The lowest BCUT2D eigenvalue weighted by atomic mass is 9.85. The number of primary amides is 2. The monoisotopic (exact) mass is 983 g/mol. The number of nitrogens with one attached hydrogen (secondary N) is 5. The standard InChI is InChI=1S/C27H31N5O2S.C26H34N6O2S/c1-15(2)30-27-29-14-23(35-27)19-6-7-20(26(28)34)25-24(19)18-5-4-17(13-21(18)31-25)22(33)12-16-8-10-32(3)11-9-16;1-14(2)29-26-28-13-21(35-26)18-6-7-19(24(27)33)23-22(18)17-5-4-15(12-20(17)31-23)25(34)30-16-8-10-32(3)11-9-16/h4-7,13-16,31H,8-12H2,1-3H3,(H2,28,34)(H,29,30);6-7,13-16,31H,4-5,8-12H2,1-3H3,(H2,27,33)(H,28,29)(H,30,34). The molecular formula is C53H65N11O4S2. The summed E-state index contributed by atoms with van der Waals surface area (Å²) in [5.74, 6) is -0.263. The van der Waals surface area contributed by atoms with E-state index < -0.39 is 11.8 Å². The maximum Gasteiger partial charge on any atom is 0.250 e. The zero-order valence-electron chi connectivity index (χ0n) is 41.0. The van der Waals surface area contributed by atoms with E-state index in [1.54, 1.807) is 34.8 Å². The summed E-state index contributed by atoms with van der Waals surface area (Å²) in [6, 6.07) is 14.1. The van der Waals surface area contributed by atoms with Gasteiger partial charge in [-0.3, -0.25) is 19.2 Å². The van der Waals surface area contributed by atoms with Crippen LogP contribution in [0, 0.1) is 11.8 Å². The summed E-state index contributed by atoms with van der Waals surface area (Å²) in [5, 5.41) is 14.6. The largest absolute Gasteiger partial charge is 0.366 e. The Labute approximate surface area is 416 Å². The molecule has 6 heterocycles. The predicted octanol–water partition coefficient (Wildman–Crippen LogP) is 8.80. The highest BCUT2D eigenvalue weighted by atomic mass is 32.1. The minimum atomic E-state index is -0.488. The molecular weight excluding hydrogens is 919 g/mol. The summed E-state index contributed by atoms with van der Waals surface area (Å²) in [5.41, 5.74) is 19.6. The molecule has 0 radical (unpaired) electrons. The van der Waals surface area contributed by atoms with Crippen molar-refractivity contribution in [2.24, 2.45) is 23.3 Å². The van der Waals surface area contributed by atoms with E-state index in [2.05, 4.69) is 87.5 Å². The van der Waals surface area contributed by atoms with Crippen LogP contribution in [-0.2, 0) is 17.6 Å². The van der Waals surface area contributed by atoms with E-state index in [9.17, 15) is 19.2 Å². The molecule has 4 aromatic heterocycles. The lowest BCUT2D eigenvalue weighted by Crippen LogP contribution is -2.46. The molecule has 1 unspecified atom stereocenters. The number of anilines is 2. The summed E-state index contributed by atoms with van der Waals surface area (Å²) in [7, 11) is 4.25. The number of nitrogens with two attached hydrogens (primary N) is 2. The molecule has 2 fully saturated rings. The first-order valence-electron chi connectivity index (χ1n) is 24.6. The number of hydrogen-bond donors (Lipinski definition) is 7. The Morgan fingerprint density at radius 2 is 1.29 bits per heavy atom. The van der Waals surface area contributed by atoms with Gasteiger partial charge >= 0.3 is 0 Å². The Morgan fingerprint density at radius 1 is 0.729 bits per heavy atom. The van der Waals surface area contributed by atoms with Crippen molar-refractivity contribution >= 4 is 89.2 Å². The highest BCUT2D eigenvalue weighted by Gasteiger charge is 2.32. The molecule has 10 rings (SSSR count). The number of rotatable bonds is 13. The van der Waals surface area contributed by atoms with E-state index in [-0.39, 0.29) is 29.7 Å². The molecule has 70 heavy (non-hydrogen) atoms. The Kier molecular flexibility index (Phi) is 14.4. The van der Waals surface area contributed by atoms with Gasteiger partial charge in [-0.2, -0.15) is 0 Å². The number of Topliss-reactive ketones (excluding diaryl/α,β-unsaturated/α-hetero) is 1. The first-order chi connectivity index (χ1) is 33.6. The number of amides is 3. The van der Waals surface area contributed by atoms with Crippen LogP contribution in [0.15, 0.2) is 54.9 Å². The van der Waals surface area contributed by atoms with Gasteiger partial charge in [-0.15, -0.1) is 0 Å². The van der Waals surface area contributed by atoms with Crippen molar-refractivity contribution in [3.63, 3.8) is 0 Å². The number of aryl methyl sites for hydroxylation is 1. The van der Waals surface area contributed by atoms with Crippen LogP contribution in [0.4, 0.5) is 10.3 Å². The molecule has 15 nitrogen and oxygen atoms in total. The maximum atomic E-state index is 13.1. The summed E-state index contributed by atoms with van der Waals surface area (Å²) in [6.07, 6.45) is 10.6. The van der Waals surface area contributed by atoms with E-state index in [0.717, 1.165) is 129 Å². The zero-order chi connectivity index (χ0) is 49.4. The molecule has 7 aromatic rings. The molecule has 3 aromatic carbocycles. The van der Waals surface area contributed by atoms with Crippen LogP contribution in [0.1, 0.15) is 109 Å². The van der Waals surface area contributed by atoms with Gasteiger partial charge in [0, 0.05) is 86.9 Å². The first-order valence-corrected chi connectivity index (χ1v) is 26.2. The van der Waals surface area contributed by atoms with Crippen molar-refractivity contribution in [2.45, 2.75) is 97.2 Å². The number of ketones is 1. The molecule has 0 saturated carbocycles. The first kappa shape index (κ1) is 48.9. The third kappa shape index (κ3) is 10.5. The minimum Gasteiger partial charge on any atom is -0.366 e. The normalized spacial score (nSPS) is 17.2. The summed E-state index contributed by atoms with van der Waals surface area (Å²) >= 11 is 3.18. The maximum absolute atomic E-state index is 13.1. The molecule has 3 aliphatic rings. The van der Waals surface area contributed by atoms with E-state index in [1.165, 1.54) is 5.56 Å². The molecule has 1 aliphatic carbocycles. The van der Waals surface area contributed by atoms with Gasteiger partial charge < -0.3 is 47.2 Å². The van der Waals surface area contributed by atoms with Gasteiger partial charge in [-0.05, 0) is 143 Å². The molecule has 3 amide bonds. The highest BCUT2D eigenvalue weighted by Crippen LogP contribution is 2.43. The van der Waals surface area contributed by atoms with Crippen molar-refractivity contribution < 1.29 is 19.2 Å². The van der Waals surface area contributed by atoms with Crippen LogP contribution in [0.25, 0.3) is 53.6 Å². The SMILES string of the molecule is CC(C)Nc1ncc(-c2ccc(C(N)=O)c3[nH]c4c(c23)CCC(C(=O)NC2CCN(C)CC2)C4)s1.CC(C)Nc1ncc(-c2ccc(C(N)=O)c3[nH]c4cc(C(=O)CC5CCN(C)CC5)ccc4c23)s1. The van der Waals surface area contributed by atoms with Gasteiger partial charge in [0.1, 0.15) is 0 Å². The van der Waals surface area contributed by atoms with Crippen molar-refractivity contribution in [3.8, 4) is 20.9 Å². The van der Waals surface area contributed by atoms with Gasteiger partial charge in [0.15, 0.2) is 16.0 Å². The van der Waals surface area contributed by atoms with Crippen molar-refractivity contribution in [1.29, 1.82) is 0 Å². The molecule has 2 aliphatic heterocycles. The number of aromatic nitrogens is 4. The number of likely N-dealkylation sites (tertiary alicyclic amines) is 2. The van der Waals surface area contributed by atoms with Gasteiger partial charge in [0.2, 0.25) is 5.91 Å². The van der Waals surface area contributed by atoms with Crippen molar-refractivity contribution in [3.05, 3.63) is 82.8 Å². The number of benzene rings is 3. The minimum absolute atomic E-state index is 0.0686. The van der Waals surface area contributed by atoms with Crippen LogP contribution in [0.3, 0.4) is 0 Å². The molecule has 17 heteroatoms. The second-order valence-corrected chi connectivity index (χ2v) is 22.1. The van der Waals surface area contributed by atoms with Gasteiger partial charge in [0.05, 0.1) is 31.9 Å². The van der Waals surface area contributed by atoms with Crippen LogP contribution in [0.2, 0.25) is 0 Å². The number of aromatic amines is 2. The Balaban J connectivity index is 0.000000174. The van der Waals surface area contributed by atoms with Gasteiger partial charge in [0.25, 0.3) is 11.8 Å². The highest BCUT2D eigenvalue weighted by molar-refractivity contribution is 7.19. The average molecular weight is 984 g/mol. The number of carbonyl (C=O) groups is 4. The molecule has 2 saturated heterocycles. The Bertz CT molecular complexity index is 3080. The topological polar surface area (TPSA) is 220 Å². The average Bonchev–Trinajstić information content (AvgIpc) is 4.15. The van der Waals surface area contributed by atoms with E-state index in [1.807, 2.05) is 42.7 Å². The van der Waals surface area contributed by atoms with E-state index in [4.69, 9.17) is 11.5 Å². The summed E-state index contributed by atoms with van der Waals surface area (Å²) < 4.78 is 0. The Morgan fingerprint density at radius 3 is 1.86 bits per heavy atom. The molecule has 0 spiro atoms. The second kappa shape index (κ2) is 20.7. The van der Waals surface area contributed by atoms with Gasteiger partial charge in [-0.25, -0.2) is 9.97 Å². The summed E-state index contributed by atoms with van der Waals surface area (Å²) in [6.45, 7) is 12.5. The van der Waals surface area contributed by atoms with Crippen molar-refractivity contribution in [2.75, 3.05) is 50.9 Å². The number of fused-ring (bicyclic) bond motifs is 6. The molecule has 368 valence electrons. The quantitative estimate of drug-likeness (QED) is 0.0545. The third-order valence-corrected chi connectivity index (χ3v) is 16.0. The number of carbonyl (C=O) groups excluding carboxylic acids is 4. The van der Waals surface area contributed by atoms with Crippen LogP contribution >= 0.6 is 22.7 Å². The van der Waals surface area contributed by atoms with Crippen molar-refractivity contribution in [1.82, 2.24) is 35.1 Å². The fourth-order valence-corrected chi connectivity index (χ4v) is 12.3. The Hall–Kier alpha value is -6.14. The number of nitrogens with zero attached hydrogens (tertiary/aromatic N) is 4. The lowest BCUT2D eigenvalue weighted by molar-refractivity contribution is -0.126. The molecule has 0 bridgehead atoms. The molecule has 1 atom stereocenters. The zero-order valence-corrected chi connectivity index (χ0v) is 42.6. The number of H-pyrrole nitrogens is 2. The fourth-order valence-electron chi connectivity index (χ4n) is 10.3. The lowest BCUT2D eigenvalue weighted by Gasteiger charge is -2.31. The van der Waals surface area contributed by atoms with Crippen LogP contribution in [-0.4, -0.2) is 112 Å². The number of piperidine rings is 2. The summed E-state index contributed by atoms with van der Waals surface area (Å²) in [4.78, 5) is 73.2. The predicted molar refractivity (Wildman–Crippen MR) is 284 cm³/mol. The van der Waals surface area contributed by atoms with Crippen LogP contribution in [0.5, 0.6) is 0 Å². The second-order valence-electron chi connectivity index (χ2n) is 20.1. The number of hydrogen-bond acceptors (Lipinski definition) is 12. The fraction of sp³-hybridized carbons (Fsp3) is 0.434. The van der Waals surface area contributed by atoms with E-state index >= 15 is 0 Å². The third-order valence-electron chi connectivity index (χ3n) is 14.1.